The van der Waals surface area contributed by atoms with Crippen molar-refractivity contribution < 1.29 is 4.74 Å². The van der Waals surface area contributed by atoms with E-state index < -0.39 is 0 Å². The predicted molar refractivity (Wildman–Crippen MR) is 106 cm³/mol. The summed E-state index contributed by atoms with van der Waals surface area (Å²) in [7, 11) is 1.58. The fraction of sp³-hybridized carbons (Fsp3) is 0.190. The summed E-state index contributed by atoms with van der Waals surface area (Å²) in [4.78, 5) is 12.3. The fourth-order valence-corrected chi connectivity index (χ4v) is 3.15. The van der Waals surface area contributed by atoms with Crippen molar-refractivity contribution in [1.82, 2.24) is 24.4 Å². The molecule has 0 unspecified atom stereocenters. The normalized spacial score (nSPS) is 11.0. The van der Waals surface area contributed by atoms with Gasteiger partial charge in [-0.1, -0.05) is 12.1 Å². The van der Waals surface area contributed by atoms with Crippen molar-refractivity contribution >= 4 is 0 Å². The van der Waals surface area contributed by atoms with Crippen LogP contribution in [0.1, 0.15) is 16.7 Å². The minimum Gasteiger partial charge on any atom is -0.489 e. The molecule has 2 heterocycles. The number of aryl methyl sites for hydroxylation is 3. The molecule has 4 aromatic rings. The van der Waals surface area contributed by atoms with Gasteiger partial charge in [0.05, 0.1) is 5.69 Å². The second-order valence-corrected chi connectivity index (χ2v) is 6.70. The second kappa shape index (κ2) is 7.19. The highest BCUT2D eigenvalue weighted by molar-refractivity contribution is 5.46. The molecule has 0 bridgehead atoms. The number of aromatic nitrogens is 5. The topological polar surface area (TPSA) is 66.9 Å². The number of benzene rings is 2. The van der Waals surface area contributed by atoms with E-state index in [1.54, 1.807) is 7.05 Å². The maximum atomic E-state index is 12.3. The molecule has 7 nitrogen and oxygen atoms in total. The molecule has 2 aromatic carbocycles. The third-order valence-electron chi connectivity index (χ3n) is 4.77. The summed E-state index contributed by atoms with van der Waals surface area (Å²) >= 11 is 0. The third kappa shape index (κ3) is 3.22. The largest absolute Gasteiger partial charge is 0.489 e. The zero-order chi connectivity index (χ0) is 19.7. The van der Waals surface area contributed by atoms with Crippen LogP contribution < -0.4 is 10.4 Å². The molecule has 0 aliphatic heterocycles. The first-order valence-electron chi connectivity index (χ1n) is 8.99. The number of tetrazole rings is 1. The van der Waals surface area contributed by atoms with Gasteiger partial charge in [0.1, 0.15) is 12.4 Å². The summed E-state index contributed by atoms with van der Waals surface area (Å²) in [6, 6.07) is 15.8. The highest BCUT2D eigenvalue weighted by atomic mass is 16.5. The minimum absolute atomic E-state index is 0.292. The number of hydrogen-bond acceptors (Lipinski definition) is 4. The Morgan fingerprint density at radius 3 is 2.43 bits per heavy atom. The van der Waals surface area contributed by atoms with Crippen molar-refractivity contribution in [3.05, 3.63) is 88.1 Å². The van der Waals surface area contributed by atoms with Crippen LogP contribution in [0.25, 0.3) is 11.4 Å². The average Bonchev–Trinajstić information content (AvgIpc) is 3.33. The van der Waals surface area contributed by atoms with Crippen LogP contribution in [0.4, 0.5) is 0 Å². The molecule has 142 valence electrons. The van der Waals surface area contributed by atoms with E-state index in [0.29, 0.717) is 12.3 Å². The lowest BCUT2D eigenvalue weighted by Gasteiger charge is -2.15. The summed E-state index contributed by atoms with van der Waals surface area (Å²) in [5, 5.41) is 7.76. The summed E-state index contributed by atoms with van der Waals surface area (Å²) in [5.41, 5.74) is 4.44. The lowest BCUT2D eigenvalue weighted by Crippen LogP contribution is -2.23. The fourth-order valence-electron chi connectivity index (χ4n) is 3.15. The highest BCUT2D eigenvalue weighted by Crippen LogP contribution is 2.24. The number of ether oxygens (including phenoxy) is 1. The zero-order valence-corrected chi connectivity index (χ0v) is 16.0. The SMILES string of the molecule is Cc1cc(-n2cccc2)ccc1OCc1c(C)cccc1-n1nnn(C)c1=O. The van der Waals surface area contributed by atoms with Crippen LogP contribution in [0.2, 0.25) is 0 Å². The van der Waals surface area contributed by atoms with Crippen LogP contribution in [-0.4, -0.2) is 24.4 Å². The summed E-state index contributed by atoms with van der Waals surface area (Å²) in [5.74, 6) is 0.802. The highest BCUT2D eigenvalue weighted by Gasteiger charge is 2.14. The van der Waals surface area contributed by atoms with Crippen LogP contribution in [0, 0.1) is 13.8 Å². The first-order valence-corrected chi connectivity index (χ1v) is 8.99. The van der Waals surface area contributed by atoms with Gasteiger partial charge >= 0.3 is 5.69 Å². The van der Waals surface area contributed by atoms with Gasteiger partial charge in [0.15, 0.2) is 0 Å². The van der Waals surface area contributed by atoms with Crippen LogP contribution in [0.3, 0.4) is 0 Å². The molecular formula is C21H21N5O2. The smallest absolute Gasteiger partial charge is 0.368 e. The first-order chi connectivity index (χ1) is 13.5. The van der Waals surface area contributed by atoms with Gasteiger partial charge in [-0.15, -0.1) is 0 Å². The molecule has 4 rings (SSSR count). The van der Waals surface area contributed by atoms with Crippen molar-refractivity contribution in [2.24, 2.45) is 7.05 Å². The van der Waals surface area contributed by atoms with Crippen molar-refractivity contribution in [3.8, 4) is 17.1 Å². The predicted octanol–water partition coefficient (Wildman–Crippen LogP) is 2.95. The van der Waals surface area contributed by atoms with E-state index in [1.807, 2.05) is 68.7 Å². The Labute approximate surface area is 162 Å². The van der Waals surface area contributed by atoms with Gasteiger partial charge in [-0.3, -0.25) is 0 Å². The van der Waals surface area contributed by atoms with Gasteiger partial charge < -0.3 is 9.30 Å². The standard InChI is InChI=1S/C21H21N5O2/c1-15-7-6-8-19(26-21(27)24(3)22-23-26)18(15)14-28-20-10-9-17(13-16(20)2)25-11-4-5-12-25/h4-13H,14H2,1-3H3. The summed E-state index contributed by atoms with van der Waals surface area (Å²) in [6.45, 7) is 4.34. The van der Waals surface area contributed by atoms with Crippen LogP contribution in [0.5, 0.6) is 5.75 Å². The second-order valence-electron chi connectivity index (χ2n) is 6.70. The average molecular weight is 375 g/mol. The number of nitrogens with zero attached hydrogens (tertiary/aromatic N) is 5. The lowest BCUT2D eigenvalue weighted by atomic mass is 10.1. The maximum absolute atomic E-state index is 12.3. The van der Waals surface area contributed by atoms with Crippen LogP contribution in [0.15, 0.2) is 65.7 Å². The molecule has 0 saturated carbocycles. The Bertz CT molecular complexity index is 1170. The monoisotopic (exact) mass is 375 g/mol. The molecular weight excluding hydrogens is 354 g/mol. The Kier molecular flexibility index (Phi) is 4.57. The van der Waals surface area contributed by atoms with Crippen molar-refractivity contribution in [2.45, 2.75) is 20.5 Å². The van der Waals surface area contributed by atoms with Gasteiger partial charge in [-0.2, -0.15) is 9.36 Å². The van der Waals surface area contributed by atoms with E-state index in [-0.39, 0.29) is 5.69 Å². The van der Waals surface area contributed by atoms with Gasteiger partial charge in [0.2, 0.25) is 0 Å². The first kappa shape index (κ1) is 17.8. The molecule has 0 saturated heterocycles. The molecule has 0 aliphatic carbocycles. The van der Waals surface area contributed by atoms with Gasteiger partial charge in [0.25, 0.3) is 0 Å². The molecule has 0 spiro atoms. The van der Waals surface area contributed by atoms with E-state index in [0.717, 1.165) is 28.1 Å². The van der Waals surface area contributed by atoms with Crippen molar-refractivity contribution in [2.75, 3.05) is 0 Å². The molecule has 7 heteroatoms. The quantitative estimate of drug-likeness (QED) is 0.538. The Balaban J connectivity index is 1.62. The molecule has 0 N–H and O–H groups in total. The van der Waals surface area contributed by atoms with Crippen molar-refractivity contribution in [3.63, 3.8) is 0 Å². The van der Waals surface area contributed by atoms with E-state index in [2.05, 4.69) is 21.1 Å². The Morgan fingerprint density at radius 1 is 0.964 bits per heavy atom. The van der Waals surface area contributed by atoms with Crippen LogP contribution >= 0.6 is 0 Å². The van der Waals surface area contributed by atoms with Gasteiger partial charge in [0, 0.05) is 30.7 Å². The third-order valence-corrected chi connectivity index (χ3v) is 4.77. The zero-order valence-electron chi connectivity index (χ0n) is 16.0. The summed E-state index contributed by atoms with van der Waals surface area (Å²) in [6.07, 6.45) is 4.01. The number of rotatable bonds is 5. The Morgan fingerprint density at radius 2 is 1.75 bits per heavy atom. The minimum atomic E-state index is -0.292. The van der Waals surface area contributed by atoms with Gasteiger partial charge in [-0.05, 0) is 71.8 Å². The van der Waals surface area contributed by atoms with E-state index in [4.69, 9.17) is 4.74 Å². The lowest BCUT2D eigenvalue weighted by molar-refractivity contribution is 0.302. The number of hydrogen-bond donors (Lipinski definition) is 0. The van der Waals surface area contributed by atoms with Gasteiger partial charge in [-0.25, -0.2) is 4.79 Å². The molecule has 0 fully saturated rings. The Hall–Kier alpha value is -3.61. The maximum Gasteiger partial charge on any atom is 0.368 e. The van der Waals surface area contributed by atoms with Crippen LogP contribution in [-0.2, 0) is 13.7 Å². The van der Waals surface area contributed by atoms with Crippen molar-refractivity contribution in [1.29, 1.82) is 0 Å². The van der Waals surface area contributed by atoms with E-state index >= 15 is 0 Å². The molecule has 0 amide bonds. The molecule has 0 aliphatic rings. The molecule has 0 radical (unpaired) electrons. The summed E-state index contributed by atoms with van der Waals surface area (Å²) < 4.78 is 10.7. The molecule has 28 heavy (non-hydrogen) atoms. The van der Waals surface area contributed by atoms with E-state index in [9.17, 15) is 4.79 Å². The molecule has 0 atom stereocenters. The van der Waals surface area contributed by atoms with E-state index in [1.165, 1.54) is 9.36 Å². The molecule has 2 aromatic heterocycles.